The van der Waals surface area contributed by atoms with Crippen LogP contribution in [0.5, 0.6) is 0 Å². The molecule has 0 N–H and O–H groups in total. The lowest BCUT2D eigenvalue weighted by molar-refractivity contribution is 0.646. The molecular formula is C67H51N3. The Kier molecular flexibility index (Phi) is 12.4. The summed E-state index contributed by atoms with van der Waals surface area (Å²) in [5.74, 6) is 0.573. The van der Waals surface area contributed by atoms with Gasteiger partial charge in [0.1, 0.15) is 0 Å². The first-order valence-corrected chi connectivity index (χ1v) is 24.1. The summed E-state index contributed by atoms with van der Waals surface area (Å²) in [7, 11) is 0. The molecule has 70 heavy (non-hydrogen) atoms. The fourth-order valence-electron chi connectivity index (χ4n) is 9.73. The van der Waals surface area contributed by atoms with Gasteiger partial charge >= 0.3 is 0 Å². The van der Waals surface area contributed by atoms with E-state index >= 15 is 0 Å². The number of nitrogens with zero attached hydrogens (tertiary/aromatic N) is 3. The third-order valence-corrected chi connectivity index (χ3v) is 13.1. The maximum absolute atomic E-state index is 4.97. The molecule has 0 unspecified atom stereocenters. The Bertz CT molecular complexity index is 3400. The van der Waals surface area contributed by atoms with Crippen LogP contribution in [0.3, 0.4) is 0 Å². The highest BCUT2D eigenvalue weighted by Gasteiger charge is 2.19. The van der Waals surface area contributed by atoms with Crippen molar-refractivity contribution in [1.29, 1.82) is 0 Å². The lowest BCUT2D eigenvalue weighted by Gasteiger charge is -2.19. The van der Waals surface area contributed by atoms with Gasteiger partial charge in [0, 0.05) is 35.3 Å². The van der Waals surface area contributed by atoms with E-state index in [2.05, 4.69) is 236 Å². The third kappa shape index (κ3) is 9.26. The number of pyridine rings is 3. The van der Waals surface area contributed by atoms with Gasteiger partial charge in [0.05, 0.1) is 17.1 Å². The smallest absolute Gasteiger partial charge is 0.0702 e. The molecule has 0 atom stereocenters. The van der Waals surface area contributed by atoms with Gasteiger partial charge in [-0.1, -0.05) is 196 Å². The summed E-state index contributed by atoms with van der Waals surface area (Å²) >= 11 is 0. The van der Waals surface area contributed by atoms with Crippen molar-refractivity contribution in [2.24, 2.45) is 5.92 Å². The van der Waals surface area contributed by atoms with Crippen LogP contribution in [0.4, 0.5) is 0 Å². The van der Waals surface area contributed by atoms with Gasteiger partial charge in [0.15, 0.2) is 0 Å². The molecule has 0 saturated heterocycles. The SMILES string of the molecule is CC(C)Cc1ccc(-c2ccc(-c3ccccc3-c3cc(-c4ccccc4-c4ccc(-c5ccccn5)cc4)cc(-c4ccccc4-c4ccc(-c5ccccn5)cc4)c3)c(-c3ccccc3)c2)nc1. The molecule has 3 heterocycles. The minimum Gasteiger partial charge on any atom is -0.256 e. The van der Waals surface area contributed by atoms with Crippen LogP contribution < -0.4 is 0 Å². The number of rotatable bonds is 12. The maximum Gasteiger partial charge on any atom is 0.0702 e. The van der Waals surface area contributed by atoms with Crippen molar-refractivity contribution < 1.29 is 0 Å². The summed E-state index contributed by atoms with van der Waals surface area (Å²) in [6, 6.07) is 85.3. The van der Waals surface area contributed by atoms with E-state index in [1.165, 1.54) is 5.56 Å². The van der Waals surface area contributed by atoms with Crippen LogP contribution in [0, 0.1) is 5.92 Å². The summed E-state index contributed by atoms with van der Waals surface area (Å²) in [6.45, 7) is 4.50. The van der Waals surface area contributed by atoms with Crippen molar-refractivity contribution in [3.8, 4) is 112 Å². The van der Waals surface area contributed by atoms with Crippen LogP contribution in [0.2, 0.25) is 0 Å². The predicted octanol–water partition coefficient (Wildman–Crippen LogP) is 17.7. The molecule has 3 aromatic heterocycles. The fourth-order valence-corrected chi connectivity index (χ4v) is 9.73. The molecule has 3 nitrogen and oxygen atoms in total. The quantitative estimate of drug-likeness (QED) is 0.123. The van der Waals surface area contributed by atoms with Crippen molar-refractivity contribution in [3.05, 3.63) is 261 Å². The van der Waals surface area contributed by atoms with E-state index in [4.69, 9.17) is 4.98 Å². The standard InChI is InChI=1S/C67H51N3/c1-46(2)40-47-26-37-67(70-45-47)53-35-36-63(64(44-53)48-16-4-3-5-17-48)62-23-11-10-22-61(62)56-42-54(59-20-8-6-18-57(59)49-27-31-51(32-28-49)65-24-12-14-38-68-65)41-55(43-56)60-21-9-7-19-58(60)50-29-33-52(34-30-50)66-25-13-15-39-69-66/h3-39,41-46H,40H2,1-2H3. The van der Waals surface area contributed by atoms with Gasteiger partial charge in [-0.2, -0.15) is 0 Å². The van der Waals surface area contributed by atoms with Crippen molar-refractivity contribution in [2.45, 2.75) is 20.3 Å². The molecule has 0 saturated carbocycles. The van der Waals surface area contributed by atoms with Gasteiger partial charge in [-0.25, -0.2) is 0 Å². The van der Waals surface area contributed by atoms with Crippen LogP contribution in [0.1, 0.15) is 19.4 Å². The average molecular weight is 898 g/mol. The summed E-state index contributed by atoms with van der Waals surface area (Å²) < 4.78 is 0. The van der Waals surface area contributed by atoms with E-state index in [1.807, 2.05) is 42.9 Å². The molecule has 0 aliphatic carbocycles. The van der Waals surface area contributed by atoms with Crippen molar-refractivity contribution in [3.63, 3.8) is 0 Å². The highest BCUT2D eigenvalue weighted by molar-refractivity contribution is 5.97. The van der Waals surface area contributed by atoms with Crippen LogP contribution >= 0.6 is 0 Å². The molecule has 11 aromatic rings. The highest BCUT2D eigenvalue weighted by atomic mass is 14.7. The monoisotopic (exact) mass is 897 g/mol. The Balaban J connectivity index is 1.08. The molecule has 0 fully saturated rings. The third-order valence-electron chi connectivity index (χ3n) is 13.1. The van der Waals surface area contributed by atoms with E-state index in [1.54, 1.807) is 0 Å². The van der Waals surface area contributed by atoms with Crippen LogP contribution in [0.15, 0.2) is 255 Å². The molecule has 0 amide bonds. The number of hydrogen-bond acceptors (Lipinski definition) is 3. The first kappa shape index (κ1) is 43.8. The Morgan fingerprint density at radius 2 is 0.657 bits per heavy atom. The molecule has 0 aliphatic heterocycles. The molecule has 334 valence electrons. The second-order valence-electron chi connectivity index (χ2n) is 18.3. The Hall–Kier alpha value is -8.79. The second kappa shape index (κ2) is 19.8. The van der Waals surface area contributed by atoms with Crippen molar-refractivity contribution in [1.82, 2.24) is 15.0 Å². The largest absolute Gasteiger partial charge is 0.256 e. The van der Waals surface area contributed by atoms with Gasteiger partial charge in [0.2, 0.25) is 0 Å². The topological polar surface area (TPSA) is 38.7 Å². The van der Waals surface area contributed by atoms with E-state index in [9.17, 15) is 0 Å². The molecular weight excluding hydrogens is 847 g/mol. The van der Waals surface area contributed by atoms with Crippen molar-refractivity contribution >= 4 is 0 Å². The first-order chi connectivity index (χ1) is 34.5. The Morgan fingerprint density at radius 3 is 1.11 bits per heavy atom. The molecule has 0 aliphatic rings. The minimum absolute atomic E-state index is 0.573. The van der Waals surface area contributed by atoms with Gasteiger partial charge in [-0.05, 0) is 150 Å². The lowest BCUT2D eigenvalue weighted by atomic mass is 9.84. The molecule has 3 heteroatoms. The predicted molar refractivity (Wildman–Crippen MR) is 293 cm³/mol. The van der Waals surface area contributed by atoms with E-state index in [0.717, 1.165) is 118 Å². The first-order valence-electron chi connectivity index (χ1n) is 24.1. The van der Waals surface area contributed by atoms with Crippen LogP contribution in [-0.2, 0) is 6.42 Å². The maximum atomic E-state index is 4.97. The Morgan fingerprint density at radius 1 is 0.271 bits per heavy atom. The van der Waals surface area contributed by atoms with Crippen LogP contribution in [-0.4, -0.2) is 15.0 Å². The normalized spacial score (nSPS) is 11.2. The van der Waals surface area contributed by atoms with E-state index in [0.29, 0.717) is 5.92 Å². The van der Waals surface area contributed by atoms with Gasteiger partial charge in [0.25, 0.3) is 0 Å². The zero-order chi connectivity index (χ0) is 47.2. The van der Waals surface area contributed by atoms with E-state index in [-0.39, 0.29) is 0 Å². The molecule has 8 aromatic carbocycles. The molecule has 0 radical (unpaired) electrons. The van der Waals surface area contributed by atoms with E-state index < -0.39 is 0 Å². The molecule has 11 rings (SSSR count). The summed E-state index contributed by atoms with van der Waals surface area (Å²) in [5.41, 5.74) is 23.6. The fraction of sp³-hybridized carbons (Fsp3) is 0.0597. The Labute approximate surface area is 411 Å². The molecule has 0 spiro atoms. The zero-order valence-electron chi connectivity index (χ0n) is 39.4. The minimum atomic E-state index is 0.573. The van der Waals surface area contributed by atoms with Crippen LogP contribution in [0.25, 0.3) is 112 Å². The second-order valence-corrected chi connectivity index (χ2v) is 18.3. The number of benzene rings is 8. The van der Waals surface area contributed by atoms with Crippen molar-refractivity contribution in [2.75, 3.05) is 0 Å². The van der Waals surface area contributed by atoms with Gasteiger partial charge in [-0.15, -0.1) is 0 Å². The molecule has 0 bridgehead atoms. The number of hydrogen-bond donors (Lipinski definition) is 0. The summed E-state index contributed by atoms with van der Waals surface area (Å²) in [4.78, 5) is 14.2. The number of aromatic nitrogens is 3. The summed E-state index contributed by atoms with van der Waals surface area (Å²) in [5, 5.41) is 0. The highest BCUT2D eigenvalue weighted by Crippen LogP contribution is 2.45. The van der Waals surface area contributed by atoms with Gasteiger partial charge in [-0.3, -0.25) is 15.0 Å². The zero-order valence-corrected chi connectivity index (χ0v) is 39.4. The van der Waals surface area contributed by atoms with Gasteiger partial charge < -0.3 is 0 Å². The average Bonchev–Trinajstić information content (AvgIpc) is 3.43. The summed E-state index contributed by atoms with van der Waals surface area (Å²) in [6.07, 6.45) is 6.74. The lowest BCUT2D eigenvalue weighted by Crippen LogP contribution is -1.96.